The van der Waals surface area contributed by atoms with Crippen molar-refractivity contribution in [1.29, 1.82) is 5.26 Å². The largest absolute Gasteiger partial charge is 0.480 e. The Bertz CT molecular complexity index is 495. The molecule has 1 atom stereocenters. The van der Waals surface area contributed by atoms with Crippen LogP contribution in [0.1, 0.15) is 5.56 Å². The summed E-state index contributed by atoms with van der Waals surface area (Å²) in [6.45, 7) is 1.97. The van der Waals surface area contributed by atoms with Crippen LogP contribution in [0.25, 0.3) is 0 Å². The van der Waals surface area contributed by atoms with Crippen molar-refractivity contribution in [2.24, 2.45) is 0 Å². The van der Waals surface area contributed by atoms with Crippen molar-refractivity contribution in [2.45, 2.75) is 6.04 Å². The molecule has 2 rings (SSSR count). The van der Waals surface area contributed by atoms with E-state index in [-0.39, 0.29) is 0 Å². The van der Waals surface area contributed by atoms with Crippen LogP contribution in [0.3, 0.4) is 0 Å². The van der Waals surface area contributed by atoms with Crippen LogP contribution in [0.2, 0.25) is 0 Å². The van der Waals surface area contributed by atoms with Crippen LogP contribution in [-0.2, 0) is 4.79 Å². The lowest BCUT2D eigenvalue weighted by Gasteiger charge is -2.39. The molecule has 0 amide bonds. The first-order valence-electron chi connectivity index (χ1n) is 5.80. The summed E-state index contributed by atoms with van der Waals surface area (Å²) in [5, 5.41) is 18.2. The molecule has 0 bridgehead atoms. The molecule has 5 nitrogen and oxygen atoms in total. The maximum absolute atomic E-state index is 11.3. The molecule has 1 heterocycles. The van der Waals surface area contributed by atoms with Crippen molar-refractivity contribution in [3.8, 4) is 6.07 Å². The van der Waals surface area contributed by atoms with Gasteiger partial charge >= 0.3 is 5.97 Å². The summed E-state index contributed by atoms with van der Waals surface area (Å²) in [5.74, 6) is -0.830. The number of anilines is 1. The van der Waals surface area contributed by atoms with Crippen molar-refractivity contribution in [3.63, 3.8) is 0 Å². The lowest BCUT2D eigenvalue weighted by molar-refractivity contribution is -0.139. The minimum absolute atomic E-state index is 0.492. The van der Waals surface area contributed by atoms with E-state index in [1.54, 1.807) is 18.2 Å². The Hall–Kier alpha value is -2.06. The van der Waals surface area contributed by atoms with Crippen LogP contribution in [0.5, 0.6) is 0 Å². The zero-order valence-corrected chi connectivity index (χ0v) is 10.2. The summed E-state index contributed by atoms with van der Waals surface area (Å²) in [6.07, 6.45) is 0. The van der Waals surface area contributed by atoms with Crippen molar-refractivity contribution in [2.75, 3.05) is 31.6 Å². The van der Waals surface area contributed by atoms with Gasteiger partial charge in [0.05, 0.1) is 11.6 Å². The number of carboxylic acid groups (broad SMARTS) is 1. The summed E-state index contributed by atoms with van der Waals surface area (Å²) >= 11 is 0. The van der Waals surface area contributed by atoms with Gasteiger partial charge in [-0.25, -0.2) is 4.79 Å². The van der Waals surface area contributed by atoms with E-state index >= 15 is 0 Å². The highest BCUT2D eigenvalue weighted by Crippen LogP contribution is 2.21. The molecule has 1 aromatic carbocycles. The first-order chi connectivity index (χ1) is 8.61. The third kappa shape index (κ3) is 2.44. The molecule has 94 valence electrons. The zero-order valence-electron chi connectivity index (χ0n) is 10.2. The molecule has 1 aliphatic heterocycles. The summed E-state index contributed by atoms with van der Waals surface area (Å²) in [5.41, 5.74) is 1.35. The maximum Gasteiger partial charge on any atom is 0.327 e. The van der Waals surface area contributed by atoms with Crippen molar-refractivity contribution >= 4 is 11.7 Å². The van der Waals surface area contributed by atoms with Gasteiger partial charge in [0.25, 0.3) is 0 Å². The number of nitriles is 1. The number of hydrogen-bond donors (Lipinski definition) is 1. The van der Waals surface area contributed by atoms with Gasteiger partial charge < -0.3 is 14.9 Å². The van der Waals surface area contributed by atoms with Gasteiger partial charge in [0, 0.05) is 25.3 Å². The molecular weight excluding hydrogens is 230 g/mol. The molecule has 1 aliphatic rings. The second-order valence-electron chi connectivity index (χ2n) is 4.47. The molecule has 0 spiro atoms. The van der Waals surface area contributed by atoms with E-state index in [0.29, 0.717) is 18.7 Å². The maximum atomic E-state index is 11.3. The van der Waals surface area contributed by atoms with Crippen molar-refractivity contribution < 1.29 is 9.90 Å². The highest BCUT2D eigenvalue weighted by atomic mass is 16.4. The molecule has 1 saturated heterocycles. The van der Waals surface area contributed by atoms with E-state index in [0.717, 1.165) is 12.2 Å². The summed E-state index contributed by atoms with van der Waals surface area (Å²) < 4.78 is 0. The van der Waals surface area contributed by atoms with Crippen molar-refractivity contribution in [3.05, 3.63) is 29.8 Å². The third-order valence-corrected chi connectivity index (χ3v) is 3.18. The fourth-order valence-corrected chi connectivity index (χ4v) is 2.19. The van der Waals surface area contributed by atoms with Gasteiger partial charge in [-0.2, -0.15) is 5.26 Å². The molecule has 1 fully saturated rings. The third-order valence-electron chi connectivity index (χ3n) is 3.18. The predicted molar refractivity (Wildman–Crippen MR) is 67.4 cm³/mol. The standard InChI is InChI=1S/C13H15N3O2/c1-15-5-6-16(12(9-15)13(17)18)11-4-2-3-10(7-11)8-14/h2-4,7,12H,5-6,9H2,1H3,(H,17,18). The van der Waals surface area contributed by atoms with E-state index in [2.05, 4.69) is 6.07 Å². The lowest BCUT2D eigenvalue weighted by atomic mass is 10.1. The fourth-order valence-electron chi connectivity index (χ4n) is 2.19. The fraction of sp³-hybridized carbons (Fsp3) is 0.385. The summed E-state index contributed by atoms with van der Waals surface area (Å²) in [4.78, 5) is 15.2. The topological polar surface area (TPSA) is 67.6 Å². The average molecular weight is 245 g/mol. The smallest absolute Gasteiger partial charge is 0.327 e. The summed E-state index contributed by atoms with van der Waals surface area (Å²) in [6, 6.07) is 8.60. The van der Waals surface area contributed by atoms with Gasteiger partial charge in [-0.3, -0.25) is 0 Å². The van der Waals surface area contributed by atoms with Gasteiger partial charge in [-0.15, -0.1) is 0 Å². The second-order valence-corrected chi connectivity index (χ2v) is 4.47. The van der Waals surface area contributed by atoms with E-state index in [9.17, 15) is 9.90 Å². The van der Waals surface area contributed by atoms with Gasteiger partial charge in [0.15, 0.2) is 0 Å². The van der Waals surface area contributed by atoms with Crippen LogP contribution < -0.4 is 4.90 Å². The number of carbonyl (C=O) groups is 1. The highest BCUT2D eigenvalue weighted by Gasteiger charge is 2.31. The molecular formula is C13H15N3O2. The number of nitrogens with zero attached hydrogens (tertiary/aromatic N) is 3. The SMILES string of the molecule is CN1CCN(c2cccc(C#N)c2)C(C(=O)O)C1. The Balaban J connectivity index is 2.29. The first kappa shape index (κ1) is 12.4. The van der Waals surface area contributed by atoms with E-state index in [1.165, 1.54) is 0 Å². The van der Waals surface area contributed by atoms with E-state index in [1.807, 2.05) is 22.9 Å². The monoisotopic (exact) mass is 245 g/mol. The molecule has 1 unspecified atom stereocenters. The first-order valence-corrected chi connectivity index (χ1v) is 5.80. The Labute approximate surface area is 106 Å². The van der Waals surface area contributed by atoms with Crippen molar-refractivity contribution in [1.82, 2.24) is 4.90 Å². The molecule has 0 radical (unpaired) electrons. The van der Waals surface area contributed by atoms with Gasteiger partial charge in [0.1, 0.15) is 6.04 Å². The Kier molecular flexibility index (Phi) is 3.49. The molecule has 5 heteroatoms. The minimum Gasteiger partial charge on any atom is -0.480 e. The minimum atomic E-state index is -0.830. The average Bonchev–Trinajstić information content (AvgIpc) is 2.38. The Morgan fingerprint density at radius 1 is 1.50 bits per heavy atom. The number of benzene rings is 1. The van der Waals surface area contributed by atoms with Crippen LogP contribution in [0.4, 0.5) is 5.69 Å². The van der Waals surface area contributed by atoms with Crippen LogP contribution >= 0.6 is 0 Å². The number of piperazine rings is 1. The van der Waals surface area contributed by atoms with Crippen LogP contribution in [-0.4, -0.2) is 48.7 Å². The van der Waals surface area contributed by atoms with Gasteiger partial charge in [-0.1, -0.05) is 6.07 Å². The molecule has 0 aliphatic carbocycles. The lowest BCUT2D eigenvalue weighted by Crippen LogP contribution is -2.55. The van der Waals surface area contributed by atoms with Gasteiger partial charge in [-0.05, 0) is 25.2 Å². The molecule has 1 N–H and O–H groups in total. The Morgan fingerprint density at radius 2 is 2.28 bits per heavy atom. The number of likely N-dealkylation sites (N-methyl/N-ethyl adjacent to an activating group) is 1. The summed E-state index contributed by atoms with van der Waals surface area (Å²) in [7, 11) is 1.92. The van der Waals surface area contributed by atoms with Crippen LogP contribution in [0, 0.1) is 11.3 Å². The Morgan fingerprint density at radius 3 is 2.94 bits per heavy atom. The number of rotatable bonds is 2. The molecule has 18 heavy (non-hydrogen) atoms. The number of carboxylic acids is 1. The zero-order chi connectivity index (χ0) is 13.1. The van der Waals surface area contributed by atoms with Crippen LogP contribution in [0.15, 0.2) is 24.3 Å². The number of aliphatic carboxylic acids is 1. The second kappa shape index (κ2) is 5.07. The molecule has 1 aromatic rings. The predicted octanol–water partition coefficient (Wildman–Crippen LogP) is 0.763. The normalized spacial score (nSPS) is 20.4. The highest BCUT2D eigenvalue weighted by molar-refractivity contribution is 5.79. The van der Waals surface area contributed by atoms with Gasteiger partial charge in [0.2, 0.25) is 0 Å². The van der Waals surface area contributed by atoms with E-state index in [4.69, 9.17) is 5.26 Å². The van der Waals surface area contributed by atoms with E-state index < -0.39 is 12.0 Å². The quantitative estimate of drug-likeness (QED) is 0.833. The number of hydrogen-bond acceptors (Lipinski definition) is 4. The molecule has 0 aromatic heterocycles. The molecule has 0 saturated carbocycles.